The smallest absolute Gasteiger partial charge is 0.248 e. The van der Waals surface area contributed by atoms with Gasteiger partial charge < -0.3 is 15.4 Å². The number of carbonyl (C=O) groups excluding carboxylic acids is 1. The molecule has 0 spiro atoms. The van der Waals surface area contributed by atoms with Crippen LogP contribution in [0.3, 0.4) is 0 Å². The molecule has 0 fully saturated rings. The average molecular weight is 345 g/mol. The molecule has 0 saturated carbocycles. The fourth-order valence-corrected chi connectivity index (χ4v) is 2.19. The first-order valence-corrected chi connectivity index (χ1v) is 7.98. The first-order chi connectivity index (χ1) is 11.5. The van der Waals surface area contributed by atoms with Gasteiger partial charge in [-0.25, -0.2) is 0 Å². The van der Waals surface area contributed by atoms with Crippen LogP contribution in [0.4, 0.5) is 0 Å². The zero-order chi connectivity index (χ0) is 17.5. The van der Waals surface area contributed by atoms with Gasteiger partial charge in [-0.05, 0) is 50.0 Å². The highest BCUT2D eigenvalue weighted by Gasteiger charge is 2.07. The number of benzene rings is 2. The average Bonchev–Trinajstić information content (AvgIpc) is 2.54. The largest absolute Gasteiger partial charge is 0.492 e. The van der Waals surface area contributed by atoms with E-state index in [9.17, 15) is 4.79 Å². The van der Waals surface area contributed by atoms with E-state index in [-0.39, 0.29) is 0 Å². The van der Waals surface area contributed by atoms with Crippen molar-refractivity contribution in [3.8, 4) is 5.75 Å². The Bertz CT molecular complexity index is 725. The van der Waals surface area contributed by atoms with Crippen LogP contribution in [-0.2, 0) is 0 Å². The van der Waals surface area contributed by atoms with Crippen LogP contribution < -0.4 is 10.5 Å². The molecule has 0 atom stereocenters. The minimum Gasteiger partial charge on any atom is -0.492 e. The minimum absolute atomic E-state index is 0.450. The Morgan fingerprint density at radius 3 is 2.50 bits per heavy atom. The molecule has 1 amide bonds. The van der Waals surface area contributed by atoms with Crippen LogP contribution in [0.2, 0.25) is 5.02 Å². The Hall–Kier alpha value is -2.30. The number of rotatable bonds is 7. The minimum atomic E-state index is -0.462. The molecular formula is C19H21ClN2O2. The SMILES string of the molecule is CN(C)CCOc1ccc(C(N)=O)cc1/C=C/c1ccc(Cl)cc1. The topological polar surface area (TPSA) is 55.6 Å². The zero-order valence-corrected chi connectivity index (χ0v) is 14.6. The summed E-state index contributed by atoms with van der Waals surface area (Å²) in [4.78, 5) is 13.5. The van der Waals surface area contributed by atoms with Gasteiger partial charge in [0, 0.05) is 22.7 Å². The number of carbonyl (C=O) groups is 1. The van der Waals surface area contributed by atoms with E-state index in [2.05, 4.69) is 0 Å². The lowest BCUT2D eigenvalue weighted by Crippen LogP contribution is -2.19. The molecule has 2 rings (SSSR count). The number of amides is 1. The second-order valence-electron chi connectivity index (χ2n) is 5.65. The van der Waals surface area contributed by atoms with E-state index >= 15 is 0 Å². The first-order valence-electron chi connectivity index (χ1n) is 7.61. The van der Waals surface area contributed by atoms with Gasteiger partial charge in [-0.3, -0.25) is 4.79 Å². The number of likely N-dealkylation sites (N-methyl/N-ethyl adjacent to an activating group) is 1. The summed E-state index contributed by atoms with van der Waals surface area (Å²) in [5.74, 6) is 0.253. The van der Waals surface area contributed by atoms with Crippen molar-refractivity contribution in [2.45, 2.75) is 0 Å². The Balaban J connectivity index is 2.24. The number of primary amides is 1. The van der Waals surface area contributed by atoms with Gasteiger partial charge in [0.05, 0.1) is 0 Å². The van der Waals surface area contributed by atoms with E-state index in [0.29, 0.717) is 22.9 Å². The van der Waals surface area contributed by atoms with Crippen molar-refractivity contribution < 1.29 is 9.53 Å². The van der Waals surface area contributed by atoms with Crippen LogP contribution in [0.25, 0.3) is 12.2 Å². The summed E-state index contributed by atoms with van der Waals surface area (Å²) in [5.41, 5.74) is 7.63. The summed E-state index contributed by atoms with van der Waals surface area (Å²) in [6.45, 7) is 1.36. The van der Waals surface area contributed by atoms with E-state index in [0.717, 1.165) is 17.7 Å². The van der Waals surface area contributed by atoms with Crippen molar-refractivity contribution in [2.75, 3.05) is 27.2 Å². The van der Waals surface area contributed by atoms with Crippen molar-refractivity contribution >= 4 is 29.7 Å². The van der Waals surface area contributed by atoms with E-state index < -0.39 is 5.91 Å². The molecule has 0 aliphatic heterocycles. The van der Waals surface area contributed by atoms with E-state index in [4.69, 9.17) is 22.1 Å². The van der Waals surface area contributed by atoms with Crippen LogP contribution in [0.1, 0.15) is 21.5 Å². The van der Waals surface area contributed by atoms with Crippen LogP contribution in [0.5, 0.6) is 5.75 Å². The maximum absolute atomic E-state index is 11.4. The third kappa shape index (κ3) is 5.41. The molecule has 0 aromatic heterocycles. The molecule has 0 unspecified atom stereocenters. The Labute approximate surface area is 147 Å². The highest BCUT2D eigenvalue weighted by atomic mass is 35.5. The molecule has 2 aromatic rings. The summed E-state index contributed by atoms with van der Waals surface area (Å²) in [5, 5.41) is 0.690. The Kier molecular flexibility index (Phi) is 6.41. The highest BCUT2D eigenvalue weighted by Crippen LogP contribution is 2.23. The lowest BCUT2D eigenvalue weighted by Gasteiger charge is -2.13. The van der Waals surface area contributed by atoms with Crippen molar-refractivity contribution in [1.29, 1.82) is 0 Å². The lowest BCUT2D eigenvalue weighted by molar-refractivity contribution is 0.1000. The summed E-state index contributed by atoms with van der Waals surface area (Å²) < 4.78 is 5.82. The van der Waals surface area contributed by atoms with Crippen LogP contribution in [0.15, 0.2) is 42.5 Å². The fraction of sp³-hybridized carbons (Fsp3) is 0.211. The summed E-state index contributed by atoms with van der Waals surface area (Å²) in [6, 6.07) is 12.7. The molecule has 0 radical (unpaired) electrons. The van der Waals surface area contributed by atoms with Gasteiger partial charge >= 0.3 is 0 Å². The molecule has 2 N–H and O–H groups in total. The predicted octanol–water partition coefficient (Wildman–Crippen LogP) is 3.55. The molecule has 5 heteroatoms. The van der Waals surface area contributed by atoms with Crippen LogP contribution in [-0.4, -0.2) is 38.1 Å². The van der Waals surface area contributed by atoms with Crippen LogP contribution >= 0.6 is 11.6 Å². The molecule has 0 aliphatic carbocycles. The number of nitrogens with zero attached hydrogens (tertiary/aromatic N) is 1. The predicted molar refractivity (Wildman–Crippen MR) is 99.4 cm³/mol. The third-order valence-electron chi connectivity index (χ3n) is 3.42. The van der Waals surface area contributed by atoms with Gasteiger partial charge in [-0.1, -0.05) is 35.9 Å². The monoisotopic (exact) mass is 344 g/mol. The molecule has 0 heterocycles. The zero-order valence-electron chi connectivity index (χ0n) is 13.8. The van der Waals surface area contributed by atoms with Gasteiger partial charge in [-0.15, -0.1) is 0 Å². The van der Waals surface area contributed by atoms with E-state index in [1.165, 1.54) is 0 Å². The fourth-order valence-electron chi connectivity index (χ4n) is 2.06. The van der Waals surface area contributed by atoms with Crippen molar-refractivity contribution in [1.82, 2.24) is 4.90 Å². The number of ether oxygens (including phenoxy) is 1. The molecule has 0 bridgehead atoms. The van der Waals surface area contributed by atoms with Crippen molar-refractivity contribution in [3.63, 3.8) is 0 Å². The molecule has 0 aliphatic rings. The maximum atomic E-state index is 11.4. The van der Waals surface area contributed by atoms with E-state index in [1.54, 1.807) is 18.2 Å². The van der Waals surface area contributed by atoms with E-state index in [1.807, 2.05) is 55.4 Å². The molecule has 4 nitrogen and oxygen atoms in total. The van der Waals surface area contributed by atoms with Gasteiger partial charge in [0.25, 0.3) is 0 Å². The maximum Gasteiger partial charge on any atom is 0.248 e. The second kappa shape index (κ2) is 8.52. The summed E-state index contributed by atoms with van der Waals surface area (Å²) in [6.07, 6.45) is 3.84. The lowest BCUT2D eigenvalue weighted by atomic mass is 10.1. The standard InChI is InChI=1S/C19H21ClN2O2/c1-22(2)11-12-24-18-10-7-16(19(21)23)13-15(18)6-3-14-4-8-17(20)9-5-14/h3-10,13H,11-12H2,1-2H3,(H2,21,23)/b6-3+. The number of nitrogens with two attached hydrogens (primary N) is 1. The molecule has 2 aromatic carbocycles. The normalized spacial score (nSPS) is 11.2. The molecule has 24 heavy (non-hydrogen) atoms. The molecule has 126 valence electrons. The van der Waals surface area contributed by atoms with Crippen molar-refractivity contribution in [3.05, 3.63) is 64.2 Å². The van der Waals surface area contributed by atoms with Gasteiger partial charge in [-0.2, -0.15) is 0 Å². The first kappa shape index (κ1) is 18.0. The highest BCUT2D eigenvalue weighted by molar-refractivity contribution is 6.30. The Morgan fingerprint density at radius 1 is 1.17 bits per heavy atom. The van der Waals surface area contributed by atoms with Gasteiger partial charge in [0.2, 0.25) is 5.91 Å². The van der Waals surface area contributed by atoms with Gasteiger partial charge in [0.15, 0.2) is 0 Å². The third-order valence-corrected chi connectivity index (χ3v) is 3.67. The quantitative estimate of drug-likeness (QED) is 0.781. The van der Waals surface area contributed by atoms with Gasteiger partial charge in [0.1, 0.15) is 12.4 Å². The van der Waals surface area contributed by atoms with Crippen molar-refractivity contribution in [2.24, 2.45) is 5.73 Å². The number of hydrogen-bond acceptors (Lipinski definition) is 3. The summed E-state index contributed by atoms with van der Waals surface area (Å²) >= 11 is 5.89. The molecule has 0 saturated heterocycles. The summed E-state index contributed by atoms with van der Waals surface area (Å²) in [7, 11) is 3.97. The number of halogens is 1. The molecular weight excluding hydrogens is 324 g/mol. The second-order valence-corrected chi connectivity index (χ2v) is 6.09. The Morgan fingerprint density at radius 2 is 1.88 bits per heavy atom. The number of hydrogen-bond donors (Lipinski definition) is 1. The van der Waals surface area contributed by atoms with Crippen LogP contribution in [0, 0.1) is 0 Å².